The summed E-state index contributed by atoms with van der Waals surface area (Å²) >= 11 is 0. The van der Waals surface area contributed by atoms with E-state index in [0.717, 1.165) is 18.4 Å². The van der Waals surface area contributed by atoms with Crippen molar-refractivity contribution >= 4 is 33.8 Å². The number of alkyl halides is 1. The van der Waals surface area contributed by atoms with E-state index in [2.05, 4.69) is 4.98 Å². The molecule has 0 radical (unpaired) electrons. The second-order valence-corrected chi connectivity index (χ2v) is 11.4. The number of halogens is 2. The summed E-state index contributed by atoms with van der Waals surface area (Å²) in [6, 6.07) is 9.71. The highest BCUT2D eigenvalue weighted by Gasteiger charge is 2.48. The number of nitrogens with zero attached hydrogens (tertiary/aromatic N) is 3. The Kier molecular flexibility index (Phi) is 7.37. The van der Waals surface area contributed by atoms with Gasteiger partial charge in [-0.2, -0.15) is 4.39 Å². The quantitative estimate of drug-likeness (QED) is 0.248. The Bertz CT molecular complexity index is 1600. The van der Waals surface area contributed by atoms with Crippen LogP contribution in [0.25, 0.3) is 33.5 Å². The molecule has 1 unspecified atom stereocenters. The SMILES string of the molecule is Cn1cc(-c2nc3ccc(CC(=O)C(F)(OC4CCC(CC(=O)O)CC4)N4CCCC4)cc3o2)c2cc(F)ccc21. The van der Waals surface area contributed by atoms with Gasteiger partial charge in [0.1, 0.15) is 11.3 Å². The fraction of sp³-hybridized carbons (Fsp3) is 0.452. The summed E-state index contributed by atoms with van der Waals surface area (Å²) in [4.78, 5) is 30.7. The first kappa shape index (κ1) is 27.5. The van der Waals surface area contributed by atoms with Crippen LogP contribution in [0.3, 0.4) is 0 Å². The Morgan fingerprint density at radius 1 is 1.12 bits per heavy atom. The highest BCUT2D eigenvalue weighted by Crippen LogP contribution is 2.36. The Morgan fingerprint density at radius 2 is 1.88 bits per heavy atom. The number of carbonyl (C=O) groups excluding carboxylic acids is 1. The Hall–Kier alpha value is -3.63. The predicted molar refractivity (Wildman–Crippen MR) is 148 cm³/mol. The number of ketones is 1. The number of Topliss-reactive ketones (excluding diaryl/α,β-unsaturated/α-hetero) is 1. The van der Waals surface area contributed by atoms with Crippen LogP contribution in [-0.4, -0.2) is 56.5 Å². The highest BCUT2D eigenvalue weighted by molar-refractivity contribution is 5.95. The Morgan fingerprint density at radius 3 is 2.61 bits per heavy atom. The topological polar surface area (TPSA) is 97.8 Å². The number of benzene rings is 2. The van der Waals surface area contributed by atoms with E-state index >= 15 is 4.39 Å². The molecular weight excluding hydrogens is 532 g/mol. The molecule has 4 aromatic rings. The van der Waals surface area contributed by atoms with Gasteiger partial charge in [-0.05, 0) is 80.3 Å². The molecule has 1 saturated heterocycles. The summed E-state index contributed by atoms with van der Waals surface area (Å²) in [6.07, 6.45) is 5.19. The molecule has 0 spiro atoms. The molecule has 2 aliphatic rings. The lowest BCUT2D eigenvalue weighted by atomic mass is 9.85. The number of aryl methyl sites for hydroxylation is 1. The lowest BCUT2D eigenvalue weighted by Crippen LogP contribution is -2.54. The predicted octanol–water partition coefficient (Wildman–Crippen LogP) is 6.01. The van der Waals surface area contributed by atoms with Crippen LogP contribution in [-0.2, 0) is 27.8 Å². The van der Waals surface area contributed by atoms with Gasteiger partial charge in [0.05, 0.1) is 11.7 Å². The molecule has 0 bridgehead atoms. The molecule has 2 aromatic carbocycles. The van der Waals surface area contributed by atoms with Crippen molar-refractivity contribution in [2.75, 3.05) is 13.1 Å². The van der Waals surface area contributed by atoms with Crippen LogP contribution in [0.4, 0.5) is 8.78 Å². The minimum atomic E-state index is -2.55. The molecule has 1 aliphatic heterocycles. The van der Waals surface area contributed by atoms with Crippen molar-refractivity contribution in [3.63, 3.8) is 0 Å². The van der Waals surface area contributed by atoms with E-state index in [0.29, 0.717) is 72.3 Å². The maximum absolute atomic E-state index is 16.6. The van der Waals surface area contributed by atoms with Gasteiger partial charge in [0, 0.05) is 50.1 Å². The molecule has 2 fully saturated rings. The van der Waals surface area contributed by atoms with Crippen LogP contribution in [0.15, 0.2) is 47.0 Å². The third-order valence-electron chi connectivity index (χ3n) is 8.44. The number of hydrogen-bond acceptors (Lipinski definition) is 6. The molecule has 0 amide bonds. The number of rotatable bonds is 9. The number of hydrogen-bond donors (Lipinski definition) is 1. The second kappa shape index (κ2) is 11.0. The first-order valence-electron chi connectivity index (χ1n) is 14.2. The smallest absolute Gasteiger partial charge is 0.330 e. The van der Waals surface area contributed by atoms with Crippen LogP contribution in [0.1, 0.15) is 50.5 Å². The van der Waals surface area contributed by atoms with Crippen LogP contribution >= 0.6 is 0 Å². The molecular formula is C31H33F2N3O5. The zero-order valence-electron chi connectivity index (χ0n) is 22.9. The normalized spacial score (nSPS) is 21.4. The molecule has 3 heterocycles. The lowest BCUT2D eigenvalue weighted by Gasteiger charge is -2.38. The van der Waals surface area contributed by atoms with Crippen molar-refractivity contribution in [1.29, 1.82) is 0 Å². The number of aliphatic carboxylic acids is 1. The lowest BCUT2D eigenvalue weighted by molar-refractivity contribution is -0.252. The van der Waals surface area contributed by atoms with E-state index in [1.54, 1.807) is 24.3 Å². The van der Waals surface area contributed by atoms with E-state index in [-0.39, 0.29) is 24.6 Å². The summed E-state index contributed by atoms with van der Waals surface area (Å²) in [5.74, 6) is -4.02. The number of likely N-dealkylation sites (tertiary alicyclic amines) is 1. The zero-order valence-corrected chi connectivity index (χ0v) is 22.9. The summed E-state index contributed by atoms with van der Waals surface area (Å²) in [5.41, 5.74) is 3.09. The van der Waals surface area contributed by atoms with Gasteiger partial charge in [0.25, 0.3) is 0 Å². The maximum atomic E-state index is 16.6. The minimum Gasteiger partial charge on any atom is -0.481 e. The van der Waals surface area contributed by atoms with Gasteiger partial charge in [0.2, 0.25) is 11.7 Å². The van der Waals surface area contributed by atoms with Gasteiger partial charge < -0.3 is 18.8 Å². The number of aromatic nitrogens is 2. The molecule has 2 aromatic heterocycles. The largest absolute Gasteiger partial charge is 0.481 e. The number of carboxylic acid groups (broad SMARTS) is 1. The molecule has 1 saturated carbocycles. The fourth-order valence-electron chi connectivity index (χ4n) is 6.27. The average molecular weight is 566 g/mol. The first-order valence-corrected chi connectivity index (χ1v) is 14.2. The van der Waals surface area contributed by atoms with Crippen LogP contribution in [0.2, 0.25) is 0 Å². The Labute approximate surface area is 235 Å². The number of fused-ring (bicyclic) bond motifs is 2. The van der Waals surface area contributed by atoms with E-state index in [1.807, 2.05) is 17.8 Å². The van der Waals surface area contributed by atoms with Crippen LogP contribution in [0.5, 0.6) is 0 Å². The zero-order chi connectivity index (χ0) is 28.7. The van der Waals surface area contributed by atoms with Gasteiger partial charge in [-0.25, -0.2) is 14.3 Å². The molecule has 1 aliphatic carbocycles. The molecule has 41 heavy (non-hydrogen) atoms. The van der Waals surface area contributed by atoms with E-state index in [9.17, 15) is 14.0 Å². The van der Waals surface area contributed by atoms with Crippen LogP contribution in [0, 0.1) is 11.7 Å². The third-order valence-corrected chi connectivity index (χ3v) is 8.44. The van der Waals surface area contributed by atoms with E-state index < -0.39 is 23.8 Å². The van der Waals surface area contributed by atoms with Crippen molar-refractivity contribution in [3.8, 4) is 11.5 Å². The summed E-state index contributed by atoms with van der Waals surface area (Å²) < 4.78 is 44.4. The van der Waals surface area contributed by atoms with Crippen molar-refractivity contribution < 1.29 is 32.6 Å². The van der Waals surface area contributed by atoms with Crippen molar-refractivity contribution in [1.82, 2.24) is 14.5 Å². The van der Waals surface area contributed by atoms with Crippen molar-refractivity contribution in [2.24, 2.45) is 13.0 Å². The summed E-state index contributed by atoms with van der Waals surface area (Å²) in [6.45, 7) is 0.874. The summed E-state index contributed by atoms with van der Waals surface area (Å²) in [7, 11) is 1.86. The van der Waals surface area contributed by atoms with E-state index in [1.165, 1.54) is 17.0 Å². The van der Waals surface area contributed by atoms with Gasteiger partial charge in [-0.3, -0.25) is 9.59 Å². The third kappa shape index (κ3) is 5.50. The van der Waals surface area contributed by atoms with Gasteiger partial charge >= 0.3 is 11.9 Å². The second-order valence-electron chi connectivity index (χ2n) is 11.4. The molecule has 6 rings (SSSR count). The van der Waals surface area contributed by atoms with Crippen molar-refractivity contribution in [2.45, 2.75) is 63.4 Å². The maximum Gasteiger partial charge on any atom is 0.330 e. The van der Waals surface area contributed by atoms with Gasteiger partial charge in [-0.15, -0.1) is 0 Å². The molecule has 216 valence electrons. The standard InChI is InChI=1S/C31H33F2N3O5/c1-35-18-24(23-17-21(32)7-11-26(23)35)30-34-25-10-6-20(14-27(25)40-30)15-28(37)31(33,36-12-2-3-13-36)41-22-8-4-19(5-9-22)16-29(38)39/h6-7,10-11,14,17-19,22H,2-5,8-9,12-13,15-16H2,1H3,(H,38,39). The Balaban J connectivity index is 1.22. The van der Waals surface area contributed by atoms with Crippen molar-refractivity contribution in [3.05, 3.63) is 54.0 Å². The molecule has 1 N–H and O–H groups in total. The molecule has 1 atom stereocenters. The van der Waals surface area contributed by atoms with Crippen LogP contribution < -0.4 is 0 Å². The number of ether oxygens (including phenoxy) is 1. The van der Waals surface area contributed by atoms with E-state index in [4.69, 9.17) is 14.3 Å². The minimum absolute atomic E-state index is 0.0512. The van der Waals surface area contributed by atoms with Gasteiger partial charge in [0.15, 0.2) is 5.58 Å². The molecule has 10 heteroatoms. The first-order chi connectivity index (χ1) is 19.7. The molecule has 8 nitrogen and oxygen atoms in total. The number of oxazole rings is 1. The monoisotopic (exact) mass is 565 g/mol. The average Bonchev–Trinajstić information content (AvgIpc) is 3.68. The fourth-order valence-corrected chi connectivity index (χ4v) is 6.27. The highest BCUT2D eigenvalue weighted by atomic mass is 19.2. The number of carboxylic acids is 1. The van der Waals surface area contributed by atoms with Gasteiger partial charge in [-0.1, -0.05) is 6.07 Å². The number of carbonyl (C=O) groups is 2. The summed E-state index contributed by atoms with van der Waals surface area (Å²) in [5, 5.41) is 9.76.